The molecule has 0 aliphatic heterocycles. The molecular weight excluding hydrogens is 454 g/mol. The summed E-state index contributed by atoms with van der Waals surface area (Å²) in [6.07, 6.45) is 1.55. The number of benzene rings is 3. The Bertz CT molecular complexity index is 1330. The van der Waals surface area contributed by atoms with Crippen molar-refractivity contribution in [2.75, 3.05) is 11.9 Å². The maximum absolute atomic E-state index is 13.3. The maximum atomic E-state index is 13.3. The summed E-state index contributed by atoms with van der Waals surface area (Å²) in [6, 6.07) is 15.4. The van der Waals surface area contributed by atoms with Crippen LogP contribution in [0.5, 0.6) is 5.75 Å². The van der Waals surface area contributed by atoms with Crippen molar-refractivity contribution >= 4 is 51.5 Å². The summed E-state index contributed by atoms with van der Waals surface area (Å²) in [7, 11) is 1.42. The molecule has 4 rings (SSSR count). The molecule has 0 spiro atoms. The Morgan fingerprint density at radius 1 is 1.03 bits per heavy atom. The molecule has 0 atom stereocenters. The van der Waals surface area contributed by atoms with Gasteiger partial charge < -0.3 is 14.6 Å². The second-order valence-electron chi connectivity index (χ2n) is 7.26. The van der Waals surface area contributed by atoms with Crippen LogP contribution >= 0.6 is 23.2 Å². The van der Waals surface area contributed by atoms with Crippen molar-refractivity contribution < 1.29 is 19.1 Å². The summed E-state index contributed by atoms with van der Waals surface area (Å²) in [5.41, 5.74) is 1.80. The molecule has 1 heterocycles. The average Bonchev–Trinajstić information content (AvgIpc) is 3.11. The highest BCUT2D eigenvalue weighted by atomic mass is 35.5. The summed E-state index contributed by atoms with van der Waals surface area (Å²) < 4.78 is 15.0. The number of phenols is 1. The number of Topliss-reactive ketones (excluding diaryl/α,β-unsaturated/α-hetero) is 1. The molecule has 3 aromatic carbocycles. The molecular formula is C24H17Cl2FN2O3. The lowest BCUT2D eigenvalue weighted by Gasteiger charge is -2.19. The van der Waals surface area contributed by atoms with E-state index in [-0.39, 0.29) is 32.9 Å². The van der Waals surface area contributed by atoms with Gasteiger partial charge in [-0.15, -0.1) is 0 Å². The molecule has 5 nitrogen and oxygen atoms in total. The van der Waals surface area contributed by atoms with Gasteiger partial charge in [-0.25, -0.2) is 4.39 Å². The molecule has 0 bridgehead atoms. The normalized spacial score (nSPS) is 11.0. The molecule has 4 aromatic rings. The number of anilines is 1. The van der Waals surface area contributed by atoms with Crippen LogP contribution in [-0.4, -0.2) is 28.4 Å². The Balaban J connectivity index is 1.74. The first kappa shape index (κ1) is 21.9. The smallest absolute Gasteiger partial charge is 0.299 e. The monoisotopic (exact) mass is 470 g/mol. The number of fused-ring (bicyclic) bond motifs is 1. The second-order valence-corrected chi connectivity index (χ2v) is 8.08. The van der Waals surface area contributed by atoms with Crippen LogP contribution in [0, 0.1) is 5.82 Å². The van der Waals surface area contributed by atoms with Crippen molar-refractivity contribution in [2.24, 2.45) is 0 Å². The summed E-state index contributed by atoms with van der Waals surface area (Å²) in [6.45, 7) is 0.342. The molecule has 1 N–H and O–H groups in total. The second kappa shape index (κ2) is 8.65. The summed E-state index contributed by atoms with van der Waals surface area (Å²) in [5.74, 6) is -2.00. The minimum absolute atomic E-state index is 0.0407. The maximum Gasteiger partial charge on any atom is 0.299 e. The number of carbonyl (C=O) groups is 2. The standard InChI is InChI=1S/C24H17Cl2FN2O3/c1-28(22-19(25)3-2-4-20(22)26)24(32)23(31)18-13-29(12-14-5-7-15(27)8-6-14)21-10-9-16(30)11-17(18)21/h2-11,13,30H,12H2,1H3. The summed E-state index contributed by atoms with van der Waals surface area (Å²) in [4.78, 5) is 27.3. The molecule has 0 aliphatic carbocycles. The minimum atomic E-state index is -0.829. The van der Waals surface area contributed by atoms with Gasteiger partial charge >= 0.3 is 0 Å². The third-order valence-electron chi connectivity index (χ3n) is 5.15. The van der Waals surface area contributed by atoms with Gasteiger partial charge in [-0.3, -0.25) is 9.59 Å². The SMILES string of the molecule is CN(C(=O)C(=O)c1cn(Cc2ccc(F)cc2)c2ccc(O)cc12)c1c(Cl)cccc1Cl. The number of para-hydroxylation sites is 1. The Morgan fingerprint density at radius 2 is 1.69 bits per heavy atom. The van der Waals surface area contributed by atoms with E-state index in [1.807, 2.05) is 0 Å². The van der Waals surface area contributed by atoms with Crippen LogP contribution in [0.25, 0.3) is 10.9 Å². The zero-order valence-electron chi connectivity index (χ0n) is 16.8. The van der Waals surface area contributed by atoms with Crippen LogP contribution < -0.4 is 4.90 Å². The van der Waals surface area contributed by atoms with E-state index in [9.17, 15) is 19.1 Å². The molecule has 1 aromatic heterocycles. The van der Waals surface area contributed by atoms with Crippen LogP contribution in [0.2, 0.25) is 10.0 Å². The number of ketones is 1. The number of aromatic hydroxyl groups is 1. The van der Waals surface area contributed by atoms with Crippen LogP contribution in [0.15, 0.2) is 66.9 Å². The zero-order chi connectivity index (χ0) is 23.0. The number of hydrogen-bond donors (Lipinski definition) is 1. The predicted molar refractivity (Wildman–Crippen MR) is 123 cm³/mol. The fraction of sp³-hybridized carbons (Fsp3) is 0.0833. The Morgan fingerprint density at radius 3 is 2.34 bits per heavy atom. The van der Waals surface area contributed by atoms with E-state index in [2.05, 4.69) is 0 Å². The Hall–Kier alpha value is -3.35. The number of likely N-dealkylation sites (N-methyl/N-ethyl adjacent to an activating group) is 1. The first-order valence-corrected chi connectivity index (χ1v) is 10.3. The van der Waals surface area contributed by atoms with Crippen LogP contribution in [0.1, 0.15) is 15.9 Å². The van der Waals surface area contributed by atoms with Crippen molar-refractivity contribution in [1.82, 2.24) is 4.57 Å². The lowest BCUT2D eigenvalue weighted by molar-refractivity contribution is -0.114. The van der Waals surface area contributed by atoms with Crippen LogP contribution in [0.4, 0.5) is 10.1 Å². The van der Waals surface area contributed by atoms with Crippen molar-refractivity contribution in [2.45, 2.75) is 6.54 Å². The van der Waals surface area contributed by atoms with Crippen molar-refractivity contribution in [3.63, 3.8) is 0 Å². The highest BCUT2D eigenvalue weighted by Crippen LogP contribution is 2.34. The number of phenolic OH excluding ortho intramolecular Hbond substituents is 1. The lowest BCUT2D eigenvalue weighted by atomic mass is 10.1. The molecule has 1 amide bonds. The number of carbonyl (C=O) groups excluding carboxylic acids is 2. The van der Waals surface area contributed by atoms with Crippen LogP contribution in [-0.2, 0) is 11.3 Å². The van der Waals surface area contributed by atoms with Gasteiger partial charge in [0.2, 0.25) is 0 Å². The summed E-state index contributed by atoms with van der Waals surface area (Å²) >= 11 is 12.4. The molecule has 32 heavy (non-hydrogen) atoms. The van der Waals surface area contributed by atoms with Gasteiger partial charge in [0.1, 0.15) is 11.6 Å². The third-order valence-corrected chi connectivity index (χ3v) is 5.76. The third kappa shape index (κ3) is 4.07. The van der Waals surface area contributed by atoms with E-state index >= 15 is 0 Å². The van der Waals surface area contributed by atoms with Crippen molar-refractivity contribution in [3.05, 3.63) is 93.8 Å². The Labute approximate surface area is 193 Å². The number of amides is 1. The lowest BCUT2D eigenvalue weighted by Crippen LogP contribution is -2.33. The summed E-state index contributed by atoms with van der Waals surface area (Å²) in [5, 5.41) is 10.9. The van der Waals surface area contributed by atoms with E-state index < -0.39 is 11.7 Å². The average molecular weight is 471 g/mol. The number of halogens is 3. The van der Waals surface area contributed by atoms with E-state index in [0.717, 1.165) is 10.5 Å². The van der Waals surface area contributed by atoms with E-state index in [1.165, 1.54) is 31.3 Å². The molecule has 0 aliphatic rings. The van der Waals surface area contributed by atoms with E-state index in [4.69, 9.17) is 23.2 Å². The first-order chi connectivity index (χ1) is 15.3. The van der Waals surface area contributed by atoms with Gasteiger partial charge in [0.05, 0.1) is 21.3 Å². The van der Waals surface area contributed by atoms with Gasteiger partial charge in [-0.05, 0) is 48.0 Å². The van der Waals surface area contributed by atoms with Gasteiger partial charge in [-0.1, -0.05) is 41.4 Å². The highest BCUT2D eigenvalue weighted by molar-refractivity contribution is 6.50. The highest BCUT2D eigenvalue weighted by Gasteiger charge is 2.27. The largest absolute Gasteiger partial charge is 0.508 e. The number of aromatic nitrogens is 1. The van der Waals surface area contributed by atoms with E-state index in [0.29, 0.717) is 17.4 Å². The zero-order valence-corrected chi connectivity index (χ0v) is 18.4. The van der Waals surface area contributed by atoms with Gasteiger partial charge in [0, 0.05) is 30.7 Å². The quantitative estimate of drug-likeness (QED) is 0.301. The Kier molecular flexibility index (Phi) is 5.91. The first-order valence-electron chi connectivity index (χ1n) is 9.59. The predicted octanol–water partition coefficient (Wildman–Crippen LogP) is 5.69. The van der Waals surface area contributed by atoms with Crippen molar-refractivity contribution in [3.8, 4) is 5.75 Å². The molecule has 0 saturated carbocycles. The van der Waals surface area contributed by atoms with Crippen molar-refractivity contribution in [1.29, 1.82) is 0 Å². The molecule has 0 unspecified atom stereocenters. The fourth-order valence-corrected chi connectivity index (χ4v) is 4.21. The molecule has 0 fully saturated rings. The van der Waals surface area contributed by atoms with Crippen LogP contribution in [0.3, 0.4) is 0 Å². The van der Waals surface area contributed by atoms with E-state index in [1.54, 1.807) is 47.2 Å². The van der Waals surface area contributed by atoms with Gasteiger partial charge in [0.25, 0.3) is 11.7 Å². The fourth-order valence-electron chi connectivity index (χ4n) is 3.56. The number of hydrogen-bond acceptors (Lipinski definition) is 3. The van der Waals surface area contributed by atoms with Gasteiger partial charge in [0.15, 0.2) is 0 Å². The molecule has 8 heteroatoms. The van der Waals surface area contributed by atoms with Gasteiger partial charge in [-0.2, -0.15) is 0 Å². The molecule has 0 radical (unpaired) electrons. The minimum Gasteiger partial charge on any atom is -0.508 e. The number of nitrogens with zero attached hydrogens (tertiary/aromatic N) is 2. The topological polar surface area (TPSA) is 62.5 Å². The molecule has 162 valence electrons. The molecule has 0 saturated heterocycles. The number of rotatable bonds is 5.